The summed E-state index contributed by atoms with van der Waals surface area (Å²) in [5.41, 5.74) is 2.86. The average Bonchev–Trinajstić information content (AvgIpc) is 2.50. The number of halogens is 2. The van der Waals surface area contributed by atoms with E-state index in [0.29, 0.717) is 12.0 Å². The van der Waals surface area contributed by atoms with Gasteiger partial charge in [-0.25, -0.2) is 4.39 Å². The van der Waals surface area contributed by atoms with E-state index >= 15 is 0 Å². The molecule has 0 amide bonds. The van der Waals surface area contributed by atoms with Crippen LogP contribution in [0.25, 0.3) is 0 Å². The van der Waals surface area contributed by atoms with Crippen LogP contribution in [0.15, 0.2) is 41.0 Å². The maximum absolute atomic E-state index is 14.1. The Kier molecular flexibility index (Phi) is 5.88. The first-order valence-corrected chi connectivity index (χ1v) is 8.05. The summed E-state index contributed by atoms with van der Waals surface area (Å²) in [4.78, 5) is 4.48. The van der Waals surface area contributed by atoms with E-state index in [2.05, 4.69) is 39.2 Å². The van der Waals surface area contributed by atoms with Crippen molar-refractivity contribution in [1.29, 1.82) is 0 Å². The van der Waals surface area contributed by atoms with Crippen LogP contribution in [0.5, 0.6) is 0 Å². The summed E-state index contributed by atoms with van der Waals surface area (Å²) >= 11 is 3.41. The molecule has 1 N–H and O–H groups in total. The third kappa shape index (κ3) is 4.35. The quantitative estimate of drug-likeness (QED) is 0.832. The number of rotatable bonds is 6. The van der Waals surface area contributed by atoms with Crippen LogP contribution in [0.4, 0.5) is 4.39 Å². The molecule has 0 aliphatic rings. The predicted octanol–water partition coefficient (Wildman–Crippen LogP) is 4.44. The Balaban J connectivity index is 2.23. The fourth-order valence-corrected chi connectivity index (χ4v) is 2.69. The summed E-state index contributed by atoms with van der Waals surface area (Å²) in [6.45, 7) is 4.91. The van der Waals surface area contributed by atoms with E-state index in [0.717, 1.165) is 23.1 Å². The summed E-state index contributed by atoms with van der Waals surface area (Å²) in [6, 6.07) is 9.09. The fourth-order valence-electron chi connectivity index (χ4n) is 2.31. The van der Waals surface area contributed by atoms with Gasteiger partial charge in [0.25, 0.3) is 0 Å². The van der Waals surface area contributed by atoms with Gasteiger partial charge >= 0.3 is 0 Å². The number of benzene rings is 1. The monoisotopic (exact) mass is 350 g/mol. The number of pyridine rings is 1. The van der Waals surface area contributed by atoms with Gasteiger partial charge < -0.3 is 5.32 Å². The van der Waals surface area contributed by atoms with Gasteiger partial charge in [0.1, 0.15) is 5.82 Å². The lowest BCUT2D eigenvalue weighted by Crippen LogP contribution is -2.24. The van der Waals surface area contributed by atoms with Gasteiger partial charge in [0.15, 0.2) is 0 Å². The largest absolute Gasteiger partial charge is 0.310 e. The predicted molar refractivity (Wildman–Crippen MR) is 87.8 cm³/mol. The number of nitrogens with one attached hydrogen (secondary N) is 1. The molecule has 2 nitrogen and oxygen atoms in total. The molecule has 2 aromatic rings. The van der Waals surface area contributed by atoms with Crippen molar-refractivity contribution >= 4 is 15.9 Å². The minimum Gasteiger partial charge on any atom is -0.310 e. The number of likely N-dealkylation sites (N-methyl/N-ethyl adjacent to an activating group) is 1. The second-order valence-electron chi connectivity index (χ2n) is 4.99. The number of nitrogens with zero attached hydrogens (tertiary/aromatic N) is 1. The zero-order chi connectivity index (χ0) is 15.2. The molecule has 1 atom stereocenters. The number of hydrogen-bond donors (Lipinski definition) is 1. The zero-order valence-electron chi connectivity index (χ0n) is 12.4. The van der Waals surface area contributed by atoms with E-state index in [-0.39, 0.29) is 11.9 Å². The van der Waals surface area contributed by atoms with Crippen LogP contribution in [-0.4, -0.2) is 11.5 Å². The molecule has 2 rings (SSSR count). The molecule has 0 saturated heterocycles. The topological polar surface area (TPSA) is 24.9 Å². The lowest BCUT2D eigenvalue weighted by atomic mass is 10.0. The second kappa shape index (κ2) is 7.66. The molecule has 1 aromatic heterocycles. The first-order chi connectivity index (χ1) is 10.1. The molecule has 1 unspecified atom stereocenters. The molecule has 0 radical (unpaired) electrons. The van der Waals surface area contributed by atoms with Crippen molar-refractivity contribution in [3.05, 3.63) is 63.6 Å². The van der Waals surface area contributed by atoms with Crippen molar-refractivity contribution in [2.45, 2.75) is 32.7 Å². The van der Waals surface area contributed by atoms with Gasteiger partial charge in [-0.1, -0.05) is 35.8 Å². The molecule has 1 heterocycles. The van der Waals surface area contributed by atoms with Crippen molar-refractivity contribution in [3.63, 3.8) is 0 Å². The molecule has 112 valence electrons. The zero-order valence-corrected chi connectivity index (χ0v) is 14.0. The van der Waals surface area contributed by atoms with Crippen molar-refractivity contribution in [2.24, 2.45) is 0 Å². The molecule has 21 heavy (non-hydrogen) atoms. The molecular formula is C17H20BrFN2. The number of aryl methyl sites for hydroxylation is 1. The van der Waals surface area contributed by atoms with Crippen molar-refractivity contribution in [3.8, 4) is 0 Å². The highest BCUT2D eigenvalue weighted by Crippen LogP contribution is 2.24. The van der Waals surface area contributed by atoms with E-state index < -0.39 is 0 Å². The maximum Gasteiger partial charge on any atom is 0.128 e. The Bertz CT molecular complexity index is 584. The van der Waals surface area contributed by atoms with Crippen LogP contribution in [-0.2, 0) is 12.8 Å². The Hall–Kier alpha value is -1.26. The molecule has 0 saturated carbocycles. The van der Waals surface area contributed by atoms with E-state index in [1.807, 2.05) is 25.3 Å². The SMILES string of the molecule is CCNC(Cc1ccc(CC)cn1)c1cc(Br)ccc1F. The molecule has 1 aromatic carbocycles. The Labute approximate surface area is 133 Å². The van der Waals surface area contributed by atoms with Gasteiger partial charge in [-0.05, 0) is 42.8 Å². The molecule has 0 aliphatic heterocycles. The summed E-state index contributed by atoms with van der Waals surface area (Å²) < 4.78 is 15.0. The molecule has 0 spiro atoms. The minimum absolute atomic E-state index is 0.0764. The molecule has 4 heteroatoms. The normalized spacial score (nSPS) is 12.4. The van der Waals surface area contributed by atoms with Crippen molar-refractivity contribution in [2.75, 3.05) is 6.54 Å². The highest BCUT2D eigenvalue weighted by Gasteiger charge is 2.16. The molecular weight excluding hydrogens is 331 g/mol. The van der Waals surface area contributed by atoms with Crippen LogP contribution in [0.3, 0.4) is 0 Å². The summed E-state index contributed by atoms with van der Waals surface area (Å²) in [5, 5.41) is 3.34. The Morgan fingerprint density at radius 3 is 2.67 bits per heavy atom. The van der Waals surface area contributed by atoms with Crippen LogP contribution >= 0.6 is 15.9 Å². The smallest absolute Gasteiger partial charge is 0.128 e. The summed E-state index contributed by atoms with van der Waals surface area (Å²) in [7, 11) is 0. The third-order valence-electron chi connectivity index (χ3n) is 3.49. The lowest BCUT2D eigenvalue weighted by Gasteiger charge is -2.19. The lowest BCUT2D eigenvalue weighted by molar-refractivity contribution is 0.506. The highest BCUT2D eigenvalue weighted by atomic mass is 79.9. The highest BCUT2D eigenvalue weighted by molar-refractivity contribution is 9.10. The second-order valence-corrected chi connectivity index (χ2v) is 5.91. The minimum atomic E-state index is -0.186. The van der Waals surface area contributed by atoms with Crippen molar-refractivity contribution < 1.29 is 4.39 Å². The Morgan fingerprint density at radius 2 is 2.05 bits per heavy atom. The Morgan fingerprint density at radius 1 is 1.24 bits per heavy atom. The molecule has 0 aliphatic carbocycles. The molecule has 0 bridgehead atoms. The first-order valence-electron chi connectivity index (χ1n) is 7.26. The van der Waals surface area contributed by atoms with Crippen molar-refractivity contribution in [1.82, 2.24) is 10.3 Å². The van der Waals surface area contributed by atoms with E-state index in [9.17, 15) is 4.39 Å². The summed E-state index contributed by atoms with van der Waals surface area (Å²) in [6.07, 6.45) is 3.55. The van der Waals surface area contributed by atoms with Crippen LogP contribution in [0.1, 0.15) is 36.7 Å². The average molecular weight is 351 g/mol. The summed E-state index contributed by atoms with van der Waals surface area (Å²) in [5.74, 6) is -0.186. The van der Waals surface area contributed by atoms with E-state index in [1.54, 1.807) is 6.07 Å². The van der Waals surface area contributed by atoms with Gasteiger partial charge in [0.2, 0.25) is 0 Å². The maximum atomic E-state index is 14.1. The standard InChI is InChI=1S/C17H20BrFN2/c1-3-12-5-7-14(21-11-12)10-17(20-4-2)15-9-13(18)6-8-16(15)19/h5-9,11,17,20H,3-4,10H2,1-2H3. The third-order valence-corrected chi connectivity index (χ3v) is 3.98. The van der Waals surface area contributed by atoms with Gasteiger partial charge in [-0.3, -0.25) is 4.98 Å². The van der Waals surface area contributed by atoms with Gasteiger partial charge in [0, 0.05) is 34.4 Å². The molecule has 0 fully saturated rings. The van der Waals surface area contributed by atoms with Crippen LogP contribution < -0.4 is 5.32 Å². The fraction of sp³-hybridized carbons (Fsp3) is 0.353. The van der Waals surface area contributed by atoms with Crippen LogP contribution in [0.2, 0.25) is 0 Å². The number of aromatic nitrogens is 1. The van der Waals surface area contributed by atoms with E-state index in [1.165, 1.54) is 11.6 Å². The van der Waals surface area contributed by atoms with Crippen LogP contribution in [0, 0.1) is 5.82 Å². The first kappa shape index (κ1) is 16.1. The van der Waals surface area contributed by atoms with Gasteiger partial charge in [-0.2, -0.15) is 0 Å². The van der Waals surface area contributed by atoms with Gasteiger partial charge in [-0.15, -0.1) is 0 Å². The number of hydrogen-bond acceptors (Lipinski definition) is 2. The van der Waals surface area contributed by atoms with Gasteiger partial charge in [0.05, 0.1) is 0 Å². The van der Waals surface area contributed by atoms with E-state index in [4.69, 9.17) is 0 Å².